The van der Waals surface area contributed by atoms with Gasteiger partial charge in [0.25, 0.3) is 0 Å². The number of hydrogen-bond acceptors (Lipinski definition) is 2. The van der Waals surface area contributed by atoms with Crippen LogP contribution in [0.5, 0.6) is 0 Å². The number of anilines is 1. The summed E-state index contributed by atoms with van der Waals surface area (Å²) in [5.41, 5.74) is 2.75. The van der Waals surface area contributed by atoms with Gasteiger partial charge < -0.3 is 10.2 Å². The van der Waals surface area contributed by atoms with Crippen LogP contribution in [-0.4, -0.2) is 19.1 Å². The standard InChI is InChI=1S/C18H27BrN2/c1-13(2)14-7-9-21(10-8-14)17-6-3-15(18(19)11-17)12-20-16-4-5-16/h3,6,11,13-14,16,20H,4-5,7-10,12H2,1-2H3. The number of piperidine rings is 1. The van der Waals surface area contributed by atoms with Crippen molar-refractivity contribution in [2.24, 2.45) is 11.8 Å². The summed E-state index contributed by atoms with van der Waals surface area (Å²) in [7, 11) is 0. The van der Waals surface area contributed by atoms with Crippen molar-refractivity contribution in [3.8, 4) is 0 Å². The normalized spacial score (nSPS) is 20.3. The lowest BCUT2D eigenvalue weighted by molar-refractivity contribution is 0.311. The second kappa shape index (κ2) is 6.70. The number of rotatable bonds is 5. The fraction of sp³-hybridized carbons (Fsp3) is 0.667. The van der Waals surface area contributed by atoms with E-state index in [4.69, 9.17) is 0 Å². The smallest absolute Gasteiger partial charge is 0.0377 e. The lowest BCUT2D eigenvalue weighted by atomic mass is 9.86. The lowest BCUT2D eigenvalue weighted by Crippen LogP contribution is -2.35. The maximum absolute atomic E-state index is 3.75. The molecule has 116 valence electrons. The van der Waals surface area contributed by atoms with Crippen LogP contribution in [-0.2, 0) is 6.54 Å². The van der Waals surface area contributed by atoms with Crippen LogP contribution in [0.2, 0.25) is 0 Å². The largest absolute Gasteiger partial charge is 0.371 e. The van der Waals surface area contributed by atoms with Gasteiger partial charge in [-0.25, -0.2) is 0 Å². The molecule has 1 N–H and O–H groups in total. The minimum atomic E-state index is 0.770. The second-order valence-electron chi connectivity index (χ2n) is 7.00. The van der Waals surface area contributed by atoms with E-state index >= 15 is 0 Å². The molecule has 0 spiro atoms. The van der Waals surface area contributed by atoms with Gasteiger partial charge in [0, 0.05) is 35.8 Å². The van der Waals surface area contributed by atoms with Crippen molar-refractivity contribution in [2.75, 3.05) is 18.0 Å². The average molecular weight is 351 g/mol. The van der Waals surface area contributed by atoms with E-state index in [1.54, 1.807) is 0 Å². The highest BCUT2D eigenvalue weighted by molar-refractivity contribution is 9.10. The Morgan fingerprint density at radius 2 is 1.90 bits per heavy atom. The van der Waals surface area contributed by atoms with E-state index in [0.717, 1.165) is 24.4 Å². The Balaban J connectivity index is 1.59. The number of nitrogens with one attached hydrogen (secondary N) is 1. The Kier molecular flexibility index (Phi) is 4.90. The zero-order chi connectivity index (χ0) is 14.8. The number of hydrogen-bond donors (Lipinski definition) is 1. The third kappa shape index (κ3) is 4.01. The maximum Gasteiger partial charge on any atom is 0.0377 e. The molecule has 21 heavy (non-hydrogen) atoms. The first-order valence-corrected chi connectivity index (χ1v) is 9.19. The molecule has 1 aromatic rings. The van der Waals surface area contributed by atoms with E-state index in [1.807, 2.05) is 0 Å². The topological polar surface area (TPSA) is 15.3 Å². The van der Waals surface area contributed by atoms with Crippen molar-refractivity contribution in [1.29, 1.82) is 0 Å². The first-order chi connectivity index (χ1) is 10.1. The average Bonchev–Trinajstić information content (AvgIpc) is 3.30. The third-order valence-corrected chi connectivity index (χ3v) is 5.78. The monoisotopic (exact) mass is 350 g/mol. The number of nitrogens with zero attached hydrogens (tertiary/aromatic N) is 1. The molecule has 0 bridgehead atoms. The summed E-state index contributed by atoms with van der Waals surface area (Å²) >= 11 is 3.75. The summed E-state index contributed by atoms with van der Waals surface area (Å²) in [6.07, 6.45) is 5.36. The number of benzene rings is 1. The van der Waals surface area contributed by atoms with Crippen molar-refractivity contribution < 1.29 is 0 Å². The predicted octanol–water partition coefficient (Wildman–Crippen LogP) is 4.57. The summed E-state index contributed by atoms with van der Waals surface area (Å²) in [5.74, 6) is 1.74. The zero-order valence-corrected chi connectivity index (χ0v) is 14.8. The van der Waals surface area contributed by atoms with Crippen LogP contribution in [0.3, 0.4) is 0 Å². The first kappa shape index (κ1) is 15.4. The van der Waals surface area contributed by atoms with Crippen LogP contribution in [0.1, 0.15) is 45.1 Å². The molecule has 0 amide bonds. The van der Waals surface area contributed by atoms with Crippen LogP contribution >= 0.6 is 15.9 Å². The molecular weight excluding hydrogens is 324 g/mol. The summed E-state index contributed by atoms with van der Waals surface area (Å²) in [6.45, 7) is 8.11. The van der Waals surface area contributed by atoms with Crippen LogP contribution in [0.15, 0.2) is 22.7 Å². The van der Waals surface area contributed by atoms with Gasteiger partial charge in [-0.3, -0.25) is 0 Å². The van der Waals surface area contributed by atoms with Gasteiger partial charge in [-0.2, -0.15) is 0 Å². The van der Waals surface area contributed by atoms with Crippen LogP contribution in [0.25, 0.3) is 0 Å². The van der Waals surface area contributed by atoms with Gasteiger partial charge in [0.1, 0.15) is 0 Å². The summed E-state index contributed by atoms with van der Waals surface area (Å²) in [6, 6.07) is 7.65. The van der Waals surface area contributed by atoms with Gasteiger partial charge >= 0.3 is 0 Å². The van der Waals surface area contributed by atoms with Gasteiger partial charge in [-0.1, -0.05) is 35.8 Å². The SMILES string of the molecule is CC(C)C1CCN(c2ccc(CNC3CC3)c(Br)c2)CC1. The van der Waals surface area contributed by atoms with Gasteiger partial charge in [-0.05, 0) is 55.2 Å². The fourth-order valence-corrected chi connectivity index (χ4v) is 3.75. The number of halogens is 1. The molecule has 3 heteroatoms. The van der Waals surface area contributed by atoms with Gasteiger partial charge in [-0.15, -0.1) is 0 Å². The summed E-state index contributed by atoms with van der Waals surface area (Å²) < 4.78 is 1.25. The van der Waals surface area contributed by atoms with Crippen LogP contribution < -0.4 is 10.2 Å². The van der Waals surface area contributed by atoms with Gasteiger partial charge in [0.05, 0.1) is 0 Å². The van der Waals surface area contributed by atoms with Crippen molar-refractivity contribution in [3.63, 3.8) is 0 Å². The van der Waals surface area contributed by atoms with Crippen molar-refractivity contribution in [3.05, 3.63) is 28.2 Å². The zero-order valence-electron chi connectivity index (χ0n) is 13.2. The molecule has 0 aromatic heterocycles. The Morgan fingerprint density at radius 1 is 1.19 bits per heavy atom. The maximum atomic E-state index is 3.75. The Hall–Kier alpha value is -0.540. The lowest BCUT2D eigenvalue weighted by Gasteiger charge is -2.35. The fourth-order valence-electron chi connectivity index (χ4n) is 3.24. The molecule has 0 unspecified atom stereocenters. The Morgan fingerprint density at radius 3 is 2.48 bits per heavy atom. The highest BCUT2D eigenvalue weighted by Gasteiger charge is 2.23. The van der Waals surface area contributed by atoms with Crippen molar-refractivity contribution in [2.45, 2.75) is 52.1 Å². The van der Waals surface area contributed by atoms with Crippen LogP contribution in [0.4, 0.5) is 5.69 Å². The predicted molar refractivity (Wildman–Crippen MR) is 93.8 cm³/mol. The van der Waals surface area contributed by atoms with Crippen LogP contribution in [0, 0.1) is 11.8 Å². The van der Waals surface area contributed by atoms with Gasteiger partial charge in [0.15, 0.2) is 0 Å². The minimum Gasteiger partial charge on any atom is -0.371 e. The molecule has 2 nitrogen and oxygen atoms in total. The molecule has 0 atom stereocenters. The molecule has 1 saturated heterocycles. The Labute approximate surface area is 137 Å². The van der Waals surface area contributed by atoms with Crippen molar-refractivity contribution in [1.82, 2.24) is 5.32 Å². The van der Waals surface area contributed by atoms with E-state index < -0.39 is 0 Å². The highest BCUT2D eigenvalue weighted by Crippen LogP contribution is 2.30. The molecule has 1 aromatic carbocycles. The first-order valence-electron chi connectivity index (χ1n) is 8.40. The van der Waals surface area contributed by atoms with Gasteiger partial charge in [0.2, 0.25) is 0 Å². The van der Waals surface area contributed by atoms with E-state index in [-0.39, 0.29) is 0 Å². The quantitative estimate of drug-likeness (QED) is 0.836. The highest BCUT2D eigenvalue weighted by atomic mass is 79.9. The molecule has 3 rings (SSSR count). The molecule has 1 saturated carbocycles. The molecule has 1 aliphatic heterocycles. The minimum absolute atomic E-state index is 0.770. The molecule has 1 heterocycles. The van der Waals surface area contributed by atoms with E-state index in [2.05, 4.69) is 58.2 Å². The summed E-state index contributed by atoms with van der Waals surface area (Å²) in [4.78, 5) is 2.54. The van der Waals surface area contributed by atoms with E-state index in [1.165, 1.54) is 54.5 Å². The second-order valence-corrected chi connectivity index (χ2v) is 7.85. The summed E-state index contributed by atoms with van der Waals surface area (Å²) in [5, 5.41) is 3.59. The molecule has 2 aliphatic rings. The van der Waals surface area contributed by atoms with E-state index in [9.17, 15) is 0 Å². The Bertz CT molecular complexity index is 474. The molecule has 0 radical (unpaired) electrons. The van der Waals surface area contributed by atoms with Crippen molar-refractivity contribution >= 4 is 21.6 Å². The third-order valence-electron chi connectivity index (χ3n) is 5.04. The molecule has 1 aliphatic carbocycles. The van der Waals surface area contributed by atoms with E-state index in [0.29, 0.717) is 0 Å². The molecular formula is C18H27BrN2. The molecule has 2 fully saturated rings.